The zero-order valence-electron chi connectivity index (χ0n) is 9.62. The van der Waals surface area contributed by atoms with Gasteiger partial charge in [0.05, 0.1) is 0 Å². The largest absolute Gasteiger partial charge is 0.304 e. The molecule has 1 unspecified atom stereocenters. The summed E-state index contributed by atoms with van der Waals surface area (Å²) in [6.07, 6.45) is 8.33. The number of nitrogens with one attached hydrogen (secondary N) is 1. The molecule has 2 rings (SSSR count). The van der Waals surface area contributed by atoms with E-state index in [1.165, 1.54) is 24.8 Å². The summed E-state index contributed by atoms with van der Waals surface area (Å²) in [5.74, 6) is 0. The molecule has 16 heavy (non-hydrogen) atoms. The van der Waals surface area contributed by atoms with E-state index >= 15 is 0 Å². The third-order valence-corrected chi connectivity index (χ3v) is 3.34. The van der Waals surface area contributed by atoms with Gasteiger partial charge in [-0.3, -0.25) is 0 Å². The maximum Gasteiger partial charge on any atom is 0.0406 e. The summed E-state index contributed by atoms with van der Waals surface area (Å²) in [7, 11) is 0. The highest BCUT2D eigenvalue weighted by molar-refractivity contribution is 6.30. The summed E-state index contributed by atoms with van der Waals surface area (Å²) in [6, 6.07) is 8.99. The van der Waals surface area contributed by atoms with Gasteiger partial charge in [0.1, 0.15) is 0 Å². The van der Waals surface area contributed by atoms with Gasteiger partial charge in [-0.2, -0.15) is 0 Å². The van der Waals surface area contributed by atoms with E-state index in [-0.39, 0.29) is 0 Å². The first-order valence-electron chi connectivity index (χ1n) is 5.94. The van der Waals surface area contributed by atoms with Crippen molar-refractivity contribution in [3.63, 3.8) is 0 Å². The van der Waals surface area contributed by atoms with E-state index in [9.17, 15) is 0 Å². The van der Waals surface area contributed by atoms with Crippen molar-refractivity contribution in [2.75, 3.05) is 0 Å². The van der Waals surface area contributed by atoms with Crippen LogP contribution in [-0.4, -0.2) is 6.04 Å². The molecule has 2 atom stereocenters. The summed E-state index contributed by atoms with van der Waals surface area (Å²) in [5.41, 5.74) is 1.29. The van der Waals surface area contributed by atoms with Gasteiger partial charge in [-0.15, -0.1) is 0 Å². The van der Waals surface area contributed by atoms with Crippen molar-refractivity contribution in [2.45, 2.75) is 38.3 Å². The van der Waals surface area contributed by atoms with Crippen LogP contribution in [0.5, 0.6) is 0 Å². The summed E-state index contributed by atoms with van der Waals surface area (Å²) < 4.78 is 0. The Balaban J connectivity index is 1.96. The summed E-state index contributed by atoms with van der Waals surface area (Å²) in [6.45, 7) is 2.20. The predicted molar refractivity (Wildman–Crippen MR) is 69.8 cm³/mol. The van der Waals surface area contributed by atoms with Gasteiger partial charge in [-0.1, -0.05) is 35.9 Å². The lowest BCUT2D eigenvalue weighted by atomic mass is 10.0. The molecule has 2 heteroatoms. The van der Waals surface area contributed by atoms with Crippen LogP contribution >= 0.6 is 11.6 Å². The molecule has 0 amide bonds. The van der Waals surface area contributed by atoms with E-state index in [4.69, 9.17) is 11.6 Å². The van der Waals surface area contributed by atoms with Gasteiger partial charge in [-0.05, 0) is 43.9 Å². The van der Waals surface area contributed by atoms with Gasteiger partial charge in [-0.25, -0.2) is 0 Å². The zero-order valence-corrected chi connectivity index (χ0v) is 10.4. The third kappa shape index (κ3) is 3.10. The van der Waals surface area contributed by atoms with Gasteiger partial charge in [0.2, 0.25) is 0 Å². The Labute approximate surface area is 103 Å². The smallest absolute Gasteiger partial charge is 0.0406 e. The average molecular weight is 236 g/mol. The van der Waals surface area contributed by atoms with Gasteiger partial charge in [0, 0.05) is 17.1 Å². The fourth-order valence-electron chi connectivity index (χ4n) is 2.12. The number of rotatable bonds is 3. The van der Waals surface area contributed by atoms with Crippen molar-refractivity contribution in [3.05, 3.63) is 47.0 Å². The quantitative estimate of drug-likeness (QED) is 0.778. The second-order valence-corrected chi connectivity index (χ2v) is 4.84. The molecule has 1 aliphatic carbocycles. The Kier molecular flexibility index (Phi) is 4.03. The summed E-state index contributed by atoms with van der Waals surface area (Å²) in [4.78, 5) is 0. The van der Waals surface area contributed by atoms with Gasteiger partial charge in [0.25, 0.3) is 0 Å². The molecular weight excluding hydrogens is 218 g/mol. The molecule has 0 bridgehead atoms. The summed E-state index contributed by atoms with van der Waals surface area (Å²) in [5, 5.41) is 4.42. The van der Waals surface area contributed by atoms with Crippen LogP contribution in [0.2, 0.25) is 5.02 Å². The molecule has 0 aliphatic heterocycles. The standard InChI is InChI=1S/C14H18ClN/c1-11(12-7-9-13(15)10-8-12)16-14-5-3-2-4-6-14/h3,5,7-11,14,16H,2,4,6H2,1H3/t11-,14?/m0/s1. The molecule has 0 fully saturated rings. The molecule has 1 aromatic carbocycles. The van der Waals surface area contributed by atoms with Crippen LogP contribution in [0.4, 0.5) is 0 Å². The lowest BCUT2D eigenvalue weighted by Crippen LogP contribution is -2.30. The maximum atomic E-state index is 5.88. The van der Waals surface area contributed by atoms with Crippen LogP contribution in [-0.2, 0) is 0 Å². The van der Waals surface area contributed by atoms with E-state index in [1.54, 1.807) is 0 Å². The number of halogens is 1. The van der Waals surface area contributed by atoms with Crippen LogP contribution in [0.1, 0.15) is 37.8 Å². The van der Waals surface area contributed by atoms with Crippen LogP contribution in [0.3, 0.4) is 0 Å². The summed E-state index contributed by atoms with van der Waals surface area (Å²) >= 11 is 5.88. The second-order valence-electron chi connectivity index (χ2n) is 4.41. The molecule has 0 radical (unpaired) electrons. The molecule has 86 valence electrons. The van der Waals surface area contributed by atoms with Crippen LogP contribution in [0.25, 0.3) is 0 Å². The van der Waals surface area contributed by atoms with E-state index in [0.717, 1.165) is 5.02 Å². The topological polar surface area (TPSA) is 12.0 Å². The molecule has 1 N–H and O–H groups in total. The molecule has 1 aromatic rings. The van der Waals surface area contributed by atoms with Crippen molar-refractivity contribution >= 4 is 11.6 Å². The van der Waals surface area contributed by atoms with E-state index in [1.807, 2.05) is 12.1 Å². The van der Waals surface area contributed by atoms with E-state index < -0.39 is 0 Å². The molecular formula is C14H18ClN. The normalized spacial score (nSPS) is 22.0. The zero-order chi connectivity index (χ0) is 11.4. The van der Waals surface area contributed by atoms with Crippen LogP contribution in [0.15, 0.2) is 36.4 Å². The lowest BCUT2D eigenvalue weighted by molar-refractivity contribution is 0.467. The predicted octanol–water partition coefficient (Wildman–Crippen LogP) is 4.10. The first-order chi connectivity index (χ1) is 7.75. The third-order valence-electron chi connectivity index (χ3n) is 3.09. The van der Waals surface area contributed by atoms with Crippen LogP contribution in [0, 0.1) is 0 Å². The highest BCUT2D eigenvalue weighted by Crippen LogP contribution is 2.19. The molecule has 0 aromatic heterocycles. The fraction of sp³-hybridized carbons (Fsp3) is 0.429. The maximum absolute atomic E-state index is 5.88. The van der Waals surface area contributed by atoms with Gasteiger partial charge < -0.3 is 5.32 Å². The Morgan fingerprint density at radius 3 is 2.69 bits per heavy atom. The Morgan fingerprint density at radius 2 is 2.06 bits per heavy atom. The minimum absolute atomic E-state index is 0.380. The first kappa shape index (κ1) is 11.7. The highest BCUT2D eigenvalue weighted by atomic mass is 35.5. The number of hydrogen-bond acceptors (Lipinski definition) is 1. The number of benzene rings is 1. The monoisotopic (exact) mass is 235 g/mol. The molecule has 0 saturated heterocycles. The lowest BCUT2D eigenvalue weighted by Gasteiger charge is -2.23. The molecule has 0 saturated carbocycles. The van der Waals surface area contributed by atoms with E-state index in [0.29, 0.717) is 12.1 Å². The minimum atomic E-state index is 0.380. The van der Waals surface area contributed by atoms with E-state index in [2.05, 4.69) is 36.5 Å². The second kappa shape index (κ2) is 5.51. The minimum Gasteiger partial charge on any atom is -0.304 e. The van der Waals surface area contributed by atoms with Crippen LogP contribution < -0.4 is 5.32 Å². The Morgan fingerprint density at radius 1 is 1.31 bits per heavy atom. The Bertz CT molecular complexity index is 356. The molecule has 0 heterocycles. The molecule has 1 aliphatic rings. The average Bonchev–Trinajstić information content (AvgIpc) is 2.31. The van der Waals surface area contributed by atoms with Crippen molar-refractivity contribution in [1.82, 2.24) is 5.32 Å². The van der Waals surface area contributed by atoms with Gasteiger partial charge in [0.15, 0.2) is 0 Å². The number of allylic oxidation sites excluding steroid dienone is 1. The van der Waals surface area contributed by atoms with Crippen molar-refractivity contribution < 1.29 is 0 Å². The number of hydrogen-bond donors (Lipinski definition) is 1. The SMILES string of the molecule is C[C@H](NC1C=CCCC1)c1ccc(Cl)cc1. The Hall–Kier alpha value is -0.790. The highest BCUT2D eigenvalue weighted by Gasteiger charge is 2.12. The fourth-order valence-corrected chi connectivity index (χ4v) is 2.25. The van der Waals surface area contributed by atoms with Crippen molar-refractivity contribution in [3.8, 4) is 0 Å². The van der Waals surface area contributed by atoms with Crippen molar-refractivity contribution in [2.24, 2.45) is 0 Å². The first-order valence-corrected chi connectivity index (χ1v) is 6.31. The molecule has 1 nitrogen and oxygen atoms in total. The van der Waals surface area contributed by atoms with Crippen molar-refractivity contribution in [1.29, 1.82) is 0 Å². The molecule has 0 spiro atoms. The van der Waals surface area contributed by atoms with Gasteiger partial charge >= 0.3 is 0 Å².